The fraction of sp³-hybridized carbons (Fsp3) is 1.00. The van der Waals surface area contributed by atoms with E-state index in [4.69, 9.17) is 5.73 Å². The average Bonchev–Trinajstić information content (AvgIpc) is 2.60. The van der Waals surface area contributed by atoms with Crippen LogP contribution in [0.5, 0.6) is 0 Å². The van der Waals surface area contributed by atoms with Gasteiger partial charge in [-0.15, -0.1) is 0 Å². The highest BCUT2D eigenvalue weighted by atomic mass is 15.3. The largest absolute Gasteiger partial charge is 0.329 e. The van der Waals surface area contributed by atoms with Gasteiger partial charge in [0.2, 0.25) is 0 Å². The number of rotatable bonds is 4. The van der Waals surface area contributed by atoms with Crippen molar-refractivity contribution in [1.82, 2.24) is 9.80 Å². The zero-order chi connectivity index (χ0) is 11.7. The van der Waals surface area contributed by atoms with Crippen molar-refractivity contribution in [3.63, 3.8) is 0 Å². The summed E-state index contributed by atoms with van der Waals surface area (Å²) in [5, 5.41) is 0. The molecule has 3 heteroatoms. The smallest absolute Gasteiger partial charge is 0.0472 e. The molecule has 0 aliphatic carbocycles. The fourth-order valence-electron chi connectivity index (χ4n) is 2.52. The van der Waals surface area contributed by atoms with E-state index < -0.39 is 0 Å². The lowest BCUT2D eigenvalue weighted by molar-refractivity contribution is 0.0306. The SMILES string of the molecule is CCC(C)(C)N(C)C1(CN)CCN(C)C1. The molecule has 2 N–H and O–H groups in total. The maximum atomic E-state index is 6.01. The summed E-state index contributed by atoms with van der Waals surface area (Å²) in [7, 11) is 4.42. The van der Waals surface area contributed by atoms with Gasteiger partial charge in [0.05, 0.1) is 0 Å². The van der Waals surface area contributed by atoms with Crippen LogP contribution < -0.4 is 5.73 Å². The summed E-state index contributed by atoms with van der Waals surface area (Å²) in [5.74, 6) is 0. The molecule has 0 aromatic rings. The topological polar surface area (TPSA) is 32.5 Å². The summed E-state index contributed by atoms with van der Waals surface area (Å²) in [6.07, 6.45) is 2.36. The van der Waals surface area contributed by atoms with Crippen molar-refractivity contribution in [1.29, 1.82) is 0 Å². The molecular formula is C12H27N3. The van der Waals surface area contributed by atoms with Crippen LogP contribution in [-0.4, -0.2) is 54.6 Å². The van der Waals surface area contributed by atoms with E-state index in [0.29, 0.717) is 0 Å². The molecule has 90 valence electrons. The summed E-state index contributed by atoms with van der Waals surface area (Å²) in [4.78, 5) is 4.89. The first-order valence-electron chi connectivity index (χ1n) is 6.00. The second-order valence-electron chi connectivity index (χ2n) is 5.64. The molecule has 0 radical (unpaired) electrons. The predicted octanol–water partition coefficient (Wildman–Crippen LogP) is 1.14. The Kier molecular flexibility index (Phi) is 3.80. The van der Waals surface area contributed by atoms with Crippen LogP contribution in [0.4, 0.5) is 0 Å². The Morgan fingerprint density at radius 2 is 2.07 bits per heavy atom. The van der Waals surface area contributed by atoms with Gasteiger partial charge in [-0.3, -0.25) is 4.90 Å². The van der Waals surface area contributed by atoms with Crippen molar-refractivity contribution in [2.45, 2.75) is 44.7 Å². The zero-order valence-corrected chi connectivity index (χ0v) is 11.0. The third kappa shape index (κ3) is 2.35. The molecule has 0 bridgehead atoms. The van der Waals surface area contributed by atoms with E-state index in [1.165, 1.54) is 13.0 Å². The first kappa shape index (κ1) is 12.9. The van der Waals surface area contributed by atoms with Crippen LogP contribution in [0.25, 0.3) is 0 Å². The van der Waals surface area contributed by atoms with Gasteiger partial charge in [0.25, 0.3) is 0 Å². The maximum Gasteiger partial charge on any atom is 0.0472 e. The number of nitrogens with zero attached hydrogens (tertiary/aromatic N) is 2. The first-order chi connectivity index (χ1) is 6.88. The second kappa shape index (κ2) is 4.40. The lowest BCUT2D eigenvalue weighted by Crippen LogP contribution is -2.60. The van der Waals surface area contributed by atoms with Gasteiger partial charge in [-0.05, 0) is 47.3 Å². The third-order valence-electron chi connectivity index (χ3n) is 4.39. The summed E-state index contributed by atoms with van der Waals surface area (Å²) in [5.41, 5.74) is 6.44. The lowest BCUT2D eigenvalue weighted by atomic mass is 9.88. The average molecular weight is 213 g/mol. The number of nitrogens with two attached hydrogens (primary N) is 1. The standard InChI is InChI=1S/C12H27N3/c1-6-11(2,3)15(5)12(9-13)7-8-14(4)10-12/h6-10,13H2,1-5H3. The highest BCUT2D eigenvalue weighted by Crippen LogP contribution is 2.32. The van der Waals surface area contributed by atoms with Gasteiger partial charge < -0.3 is 10.6 Å². The predicted molar refractivity (Wildman–Crippen MR) is 66.0 cm³/mol. The van der Waals surface area contributed by atoms with Crippen LogP contribution >= 0.6 is 0 Å². The van der Waals surface area contributed by atoms with Crippen molar-refractivity contribution < 1.29 is 0 Å². The van der Waals surface area contributed by atoms with Gasteiger partial charge >= 0.3 is 0 Å². The molecule has 0 spiro atoms. The van der Waals surface area contributed by atoms with Gasteiger partial charge in [-0.1, -0.05) is 6.92 Å². The van der Waals surface area contributed by atoms with E-state index >= 15 is 0 Å². The van der Waals surface area contributed by atoms with Gasteiger partial charge in [0.1, 0.15) is 0 Å². The Bertz CT molecular complexity index is 215. The fourth-order valence-corrected chi connectivity index (χ4v) is 2.52. The molecule has 1 fully saturated rings. The quantitative estimate of drug-likeness (QED) is 0.760. The van der Waals surface area contributed by atoms with Crippen LogP contribution in [0, 0.1) is 0 Å². The summed E-state index contributed by atoms with van der Waals surface area (Å²) >= 11 is 0. The molecule has 0 saturated carbocycles. The lowest BCUT2D eigenvalue weighted by Gasteiger charge is -2.47. The summed E-state index contributed by atoms with van der Waals surface area (Å²) in [6, 6.07) is 0. The van der Waals surface area contributed by atoms with Crippen LogP contribution in [0.15, 0.2) is 0 Å². The Hall–Kier alpha value is -0.120. The highest BCUT2D eigenvalue weighted by Gasteiger charge is 2.43. The van der Waals surface area contributed by atoms with Crippen LogP contribution in [0.3, 0.4) is 0 Å². The molecule has 1 atom stereocenters. The Morgan fingerprint density at radius 3 is 2.40 bits per heavy atom. The van der Waals surface area contributed by atoms with Gasteiger partial charge in [-0.2, -0.15) is 0 Å². The number of likely N-dealkylation sites (tertiary alicyclic amines) is 1. The van der Waals surface area contributed by atoms with Gasteiger partial charge in [-0.25, -0.2) is 0 Å². The summed E-state index contributed by atoms with van der Waals surface area (Å²) < 4.78 is 0. The zero-order valence-electron chi connectivity index (χ0n) is 11.0. The molecular weight excluding hydrogens is 186 g/mol. The monoisotopic (exact) mass is 213 g/mol. The number of likely N-dealkylation sites (N-methyl/N-ethyl adjacent to an activating group) is 2. The molecule has 1 unspecified atom stereocenters. The second-order valence-corrected chi connectivity index (χ2v) is 5.64. The maximum absolute atomic E-state index is 6.01. The molecule has 1 rings (SSSR count). The Balaban J connectivity index is 2.83. The van der Waals surface area contributed by atoms with Crippen LogP contribution in [0.1, 0.15) is 33.6 Å². The van der Waals surface area contributed by atoms with E-state index in [9.17, 15) is 0 Å². The Labute approximate surface area is 94.6 Å². The van der Waals surface area contributed by atoms with E-state index in [1.54, 1.807) is 0 Å². The molecule has 1 saturated heterocycles. The first-order valence-corrected chi connectivity index (χ1v) is 6.00. The molecule has 0 amide bonds. The molecule has 3 nitrogen and oxygen atoms in total. The van der Waals surface area contributed by atoms with Gasteiger partial charge in [0, 0.05) is 24.2 Å². The van der Waals surface area contributed by atoms with E-state index in [1.807, 2.05) is 0 Å². The van der Waals surface area contributed by atoms with Crippen molar-refractivity contribution in [3.05, 3.63) is 0 Å². The molecule has 1 aliphatic heterocycles. The minimum atomic E-state index is 0.189. The molecule has 0 aromatic heterocycles. The van der Waals surface area contributed by atoms with Crippen molar-refractivity contribution in [3.8, 4) is 0 Å². The number of hydrogen-bond acceptors (Lipinski definition) is 3. The normalized spacial score (nSPS) is 29.0. The molecule has 0 aromatic carbocycles. The van der Waals surface area contributed by atoms with E-state index in [0.717, 1.165) is 19.5 Å². The summed E-state index contributed by atoms with van der Waals surface area (Å²) in [6.45, 7) is 9.90. The molecule has 1 heterocycles. The number of hydrogen-bond donors (Lipinski definition) is 1. The van der Waals surface area contributed by atoms with Crippen molar-refractivity contribution in [2.75, 3.05) is 33.7 Å². The van der Waals surface area contributed by atoms with Crippen LogP contribution in [0.2, 0.25) is 0 Å². The van der Waals surface area contributed by atoms with Crippen molar-refractivity contribution >= 4 is 0 Å². The third-order valence-corrected chi connectivity index (χ3v) is 4.39. The molecule has 15 heavy (non-hydrogen) atoms. The van der Waals surface area contributed by atoms with E-state index in [-0.39, 0.29) is 11.1 Å². The van der Waals surface area contributed by atoms with Crippen molar-refractivity contribution in [2.24, 2.45) is 5.73 Å². The molecule has 1 aliphatic rings. The minimum absolute atomic E-state index is 0.189. The Morgan fingerprint density at radius 1 is 1.47 bits per heavy atom. The van der Waals surface area contributed by atoms with Gasteiger partial charge in [0.15, 0.2) is 0 Å². The van der Waals surface area contributed by atoms with Crippen LogP contribution in [-0.2, 0) is 0 Å². The minimum Gasteiger partial charge on any atom is -0.329 e. The van der Waals surface area contributed by atoms with E-state index in [2.05, 4.69) is 44.7 Å². The highest BCUT2D eigenvalue weighted by molar-refractivity contribution is 5.02.